The summed E-state index contributed by atoms with van der Waals surface area (Å²) in [4.78, 5) is 56.9. The standard InChI is InChI=1S/C29H32N4O5.C2HF3O2/c1-20(21-8-4-2-5-9-21)32-29(38)30-17-16-26(34)31-19-27(35)33-25(18-28(36)37)24-14-12-23(13-15-24)22-10-6-3-7-11-22;3-2(4,5)1(6)7/h2-15,20,25H,16-19H2,1H3,(H,31,34)(H,33,35)(H,36,37)(H2,30,32,38);(H,6,7). The molecule has 0 aliphatic rings. The molecule has 11 nitrogen and oxygen atoms in total. The first-order valence-electron chi connectivity index (χ1n) is 13.6. The van der Waals surface area contributed by atoms with Crippen LogP contribution in [0.25, 0.3) is 11.1 Å². The highest BCUT2D eigenvalue weighted by Gasteiger charge is 2.38. The molecule has 45 heavy (non-hydrogen) atoms. The number of urea groups is 1. The van der Waals surface area contributed by atoms with Crippen molar-refractivity contribution < 1.29 is 47.4 Å². The lowest BCUT2D eigenvalue weighted by atomic mass is 9.99. The lowest BCUT2D eigenvalue weighted by Crippen LogP contribution is -2.41. The van der Waals surface area contributed by atoms with Gasteiger partial charge in [0.15, 0.2) is 0 Å². The van der Waals surface area contributed by atoms with Crippen LogP contribution in [0.2, 0.25) is 0 Å². The molecule has 240 valence electrons. The van der Waals surface area contributed by atoms with Crippen LogP contribution in [0.5, 0.6) is 0 Å². The molecule has 0 radical (unpaired) electrons. The maximum atomic E-state index is 12.4. The number of carbonyl (C=O) groups is 5. The predicted octanol–water partition coefficient (Wildman–Crippen LogP) is 4.19. The highest BCUT2D eigenvalue weighted by molar-refractivity contribution is 5.85. The Morgan fingerprint density at radius 2 is 1.24 bits per heavy atom. The Labute approximate surface area is 256 Å². The number of alkyl halides is 3. The van der Waals surface area contributed by atoms with Crippen LogP contribution in [0, 0.1) is 0 Å². The van der Waals surface area contributed by atoms with Gasteiger partial charge in [0.05, 0.1) is 25.0 Å². The van der Waals surface area contributed by atoms with Gasteiger partial charge in [-0.3, -0.25) is 14.4 Å². The quantitative estimate of drug-likeness (QED) is 0.174. The molecule has 0 spiro atoms. The second kappa shape index (κ2) is 17.7. The van der Waals surface area contributed by atoms with Gasteiger partial charge >= 0.3 is 24.1 Å². The molecule has 14 heteroatoms. The smallest absolute Gasteiger partial charge is 0.481 e. The first kappa shape index (κ1) is 35.8. The highest BCUT2D eigenvalue weighted by Crippen LogP contribution is 2.23. The van der Waals surface area contributed by atoms with Gasteiger partial charge in [-0.15, -0.1) is 0 Å². The molecule has 0 aromatic heterocycles. The molecule has 2 unspecified atom stereocenters. The van der Waals surface area contributed by atoms with Gasteiger partial charge in [-0.25, -0.2) is 9.59 Å². The van der Waals surface area contributed by atoms with Crippen LogP contribution in [0.3, 0.4) is 0 Å². The molecule has 0 saturated heterocycles. The Kier molecular flexibility index (Phi) is 14.0. The number of carbonyl (C=O) groups excluding carboxylic acids is 3. The summed E-state index contributed by atoms with van der Waals surface area (Å²) in [6, 6.07) is 25.2. The van der Waals surface area contributed by atoms with Crippen LogP contribution < -0.4 is 21.3 Å². The summed E-state index contributed by atoms with van der Waals surface area (Å²) in [6.07, 6.45) is -5.40. The largest absolute Gasteiger partial charge is 0.490 e. The van der Waals surface area contributed by atoms with Crippen molar-refractivity contribution in [1.82, 2.24) is 21.3 Å². The normalized spacial score (nSPS) is 11.9. The minimum Gasteiger partial charge on any atom is -0.481 e. The molecular weight excluding hydrogens is 597 g/mol. The monoisotopic (exact) mass is 630 g/mol. The molecule has 4 amide bonds. The van der Waals surface area contributed by atoms with E-state index in [0.29, 0.717) is 5.56 Å². The van der Waals surface area contributed by atoms with E-state index in [0.717, 1.165) is 16.7 Å². The van der Waals surface area contributed by atoms with E-state index in [4.69, 9.17) is 9.90 Å². The van der Waals surface area contributed by atoms with Crippen molar-refractivity contribution in [2.45, 2.75) is 38.0 Å². The maximum absolute atomic E-state index is 12.4. The Hall–Kier alpha value is -5.40. The number of halogens is 3. The van der Waals surface area contributed by atoms with Gasteiger partial charge < -0.3 is 31.5 Å². The number of hydrogen-bond acceptors (Lipinski definition) is 5. The molecule has 2 atom stereocenters. The fourth-order valence-corrected chi connectivity index (χ4v) is 3.84. The number of benzene rings is 3. The molecule has 3 aromatic rings. The van der Waals surface area contributed by atoms with Crippen LogP contribution in [0.4, 0.5) is 18.0 Å². The average molecular weight is 631 g/mol. The Morgan fingerprint density at radius 1 is 0.711 bits per heavy atom. The summed E-state index contributed by atoms with van der Waals surface area (Å²) in [5.74, 6) is -4.75. The zero-order valence-electron chi connectivity index (χ0n) is 24.1. The SMILES string of the molecule is CC(NC(=O)NCCC(=O)NCC(=O)NC(CC(=O)O)c1ccc(-c2ccccc2)cc1)c1ccccc1.O=C(O)C(F)(F)F. The number of rotatable bonds is 12. The number of carboxylic acids is 2. The molecule has 3 rings (SSSR count). The van der Waals surface area contributed by atoms with Gasteiger partial charge in [0, 0.05) is 13.0 Å². The van der Waals surface area contributed by atoms with E-state index in [2.05, 4.69) is 21.3 Å². The third kappa shape index (κ3) is 13.6. The van der Waals surface area contributed by atoms with Crippen molar-refractivity contribution >= 4 is 29.8 Å². The van der Waals surface area contributed by atoms with E-state index in [1.54, 1.807) is 12.1 Å². The Balaban J connectivity index is 0.000000900. The van der Waals surface area contributed by atoms with Crippen LogP contribution in [-0.4, -0.2) is 59.3 Å². The summed E-state index contributed by atoms with van der Waals surface area (Å²) >= 11 is 0. The van der Waals surface area contributed by atoms with E-state index < -0.39 is 42.0 Å². The predicted molar refractivity (Wildman–Crippen MR) is 158 cm³/mol. The van der Waals surface area contributed by atoms with Gasteiger partial charge in [-0.05, 0) is 29.2 Å². The van der Waals surface area contributed by atoms with E-state index in [9.17, 15) is 37.5 Å². The summed E-state index contributed by atoms with van der Waals surface area (Å²) in [5.41, 5.74) is 3.60. The second-order valence-corrected chi connectivity index (χ2v) is 9.57. The van der Waals surface area contributed by atoms with Crippen molar-refractivity contribution in [1.29, 1.82) is 0 Å². The van der Waals surface area contributed by atoms with E-state index in [-0.39, 0.29) is 32.0 Å². The molecule has 0 saturated carbocycles. The Morgan fingerprint density at radius 3 is 1.78 bits per heavy atom. The van der Waals surface area contributed by atoms with E-state index in [1.165, 1.54) is 0 Å². The molecular formula is C31H33F3N4O7. The number of aliphatic carboxylic acids is 2. The van der Waals surface area contributed by atoms with Gasteiger partial charge in [-0.2, -0.15) is 13.2 Å². The number of amides is 4. The zero-order valence-corrected chi connectivity index (χ0v) is 24.1. The third-order valence-electron chi connectivity index (χ3n) is 6.11. The van der Waals surface area contributed by atoms with Crippen molar-refractivity contribution in [3.8, 4) is 11.1 Å². The van der Waals surface area contributed by atoms with Crippen LogP contribution >= 0.6 is 0 Å². The van der Waals surface area contributed by atoms with Crippen molar-refractivity contribution in [2.24, 2.45) is 0 Å². The molecule has 6 N–H and O–H groups in total. The molecule has 0 fully saturated rings. The zero-order chi connectivity index (χ0) is 33.4. The number of hydrogen-bond donors (Lipinski definition) is 6. The van der Waals surface area contributed by atoms with Gasteiger partial charge in [0.2, 0.25) is 11.8 Å². The molecule has 3 aromatic carbocycles. The fraction of sp³-hybridized carbons (Fsp3) is 0.258. The topological polar surface area (TPSA) is 174 Å². The minimum atomic E-state index is -5.08. The molecule has 0 aliphatic carbocycles. The van der Waals surface area contributed by atoms with Gasteiger partial charge in [0.25, 0.3) is 0 Å². The second-order valence-electron chi connectivity index (χ2n) is 9.57. The minimum absolute atomic E-state index is 0.0140. The van der Waals surface area contributed by atoms with E-state index >= 15 is 0 Å². The van der Waals surface area contributed by atoms with Crippen LogP contribution in [-0.2, 0) is 19.2 Å². The lowest BCUT2D eigenvalue weighted by molar-refractivity contribution is -0.192. The Bertz CT molecular complexity index is 1420. The third-order valence-corrected chi connectivity index (χ3v) is 6.11. The van der Waals surface area contributed by atoms with Gasteiger partial charge in [-0.1, -0.05) is 84.9 Å². The lowest BCUT2D eigenvalue weighted by Gasteiger charge is -2.18. The van der Waals surface area contributed by atoms with Crippen molar-refractivity contribution in [3.05, 3.63) is 96.1 Å². The summed E-state index contributed by atoms with van der Waals surface area (Å²) < 4.78 is 31.7. The average Bonchev–Trinajstić information content (AvgIpc) is 3.00. The summed E-state index contributed by atoms with van der Waals surface area (Å²) in [6.45, 7) is 1.64. The first-order valence-corrected chi connectivity index (χ1v) is 13.6. The molecule has 0 bridgehead atoms. The highest BCUT2D eigenvalue weighted by atomic mass is 19.4. The fourth-order valence-electron chi connectivity index (χ4n) is 3.84. The van der Waals surface area contributed by atoms with Gasteiger partial charge in [0.1, 0.15) is 0 Å². The molecule has 0 heterocycles. The summed E-state index contributed by atoms with van der Waals surface area (Å²) in [5, 5.41) is 27.0. The first-order chi connectivity index (χ1) is 21.3. The van der Waals surface area contributed by atoms with Crippen molar-refractivity contribution in [3.63, 3.8) is 0 Å². The molecule has 0 aliphatic heterocycles. The number of carboxylic acid groups (broad SMARTS) is 2. The summed E-state index contributed by atoms with van der Waals surface area (Å²) in [7, 11) is 0. The number of nitrogens with one attached hydrogen (secondary N) is 4. The maximum Gasteiger partial charge on any atom is 0.490 e. The van der Waals surface area contributed by atoms with Crippen LogP contribution in [0.15, 0.2) is 84.9 Å². The van der Waals surface area contributed by atoms with E-state index in [1.807, 2.05) is 79.7 Å². The van der Waals surface area contributed by atoms with Crippen LogP contribution in [0.1, 0.15) is 43.0 Å². The van der Waals surface area contributed by atoms with Crippen molar-refractivity contribution in [2.75, 3.05) is 13.1 Å².